The molecular formula is C17H17ClFNO2. The summed E-state index contributed by atoms with van der Waals surface area (Å²) in [6, 6.07) is 14.2. The molecular weight excluding hydrogens is 305 g/mol. The fraction of sp³-hybridized carbons (Fsp3) is 0.294. The number of hydrogen-bond donors (Lipinski definition) is 1. The Bertz CT molecular complexity index is 597. The van der Waals surface area contributed by atoms with Crippen LogP contribution in [0.3, 0.4) is 0 Å². The summed E-state index contributed by atoms with van der Waals surface area (Å²) < 4.78 is 25.8. The molecule has 1 aliphatic heterocycles. The van der Waals surface area contributed by atoms with Gasteiger partial charge in [-0.3, -0.25) is 0 Å². The topological polar surface area (TPSA) is 30.5 Å². The van der Waals surface area contributed by atoms with Crippen LogP contribution in [0.1, 0.15) is 11.7 Å². The fourth-order valence-corrected chi connectivity index (χ4v) is 2.71. The predicted molar refractivity (Wildman–Crippen MR) is 83.8 cm³/mol. The number of morpholine rings is 1. The minimum atomic E-state index is -0.475. The normalized spacial score (nSPS) is 19.6. The highest BCUT2D eigenvalue weighted by molar-refractivity contribution is 6.32. The third-order valence-corrected chi connectivity index (χ3v) is 3.88. The molecule has 116 valence electrons. The van der Waals surface area contributed by atoms with Crippen LogP contribution in [0.15, 0.2) is 48.5 Å². The second-order valence-corrected chi connectivity index (χ2v) is 5.52. The first-order chi connectivity index (χ1) is 10.8. The molecule has 0 amide bonds. The maximum absolute atomic E-state index is 14.0. The summed E-state index contributed by atoms with van der Waals surface area (Å²) in [5.41, 5.74) is 0.926. The molecule has 1 N–H and O–H groups in total. The Kier molecular flexibility index (Phi) is 4.93. The van der Waals surface area contributed by atoms with E-state index in [1.807, 2.05) is 30.3 Å². The zero-order valence-electron chi connectivity index (χ0n) is 12.0. The molecule has 1 aliphatic rings. The van der Waals surface area contributed by atoms with Gasteiger partial charge >= 0.3 is 0 Å². The molecule has 3 nitrogen and oxygen atoms in total. The summed E-state index contributed by atoms with van der Waals surface area (Å²) in [6.07, 6.45) is -0.629. The molecule has 0 radical (unpaired) electrons. The average molecular weight is 322 g/mol. The Balaban J connectivity index is 1.91. The lowest BCUT2D eigenvalue weighted by atomic mass is 10.0. The van der Waals surface area contributed by atoms with E-state index in [0.29, 0.717) is 13.2 Å². The van der Waals surface area contributed by atoms with E-state index in [1.165, 1.54) is 6.07 Å². The van der Waals surface area contributed by atoms with Gasteiger partial charge in [-0.05, 0) is 17.7 Å². The van der Waals surface area contributed by atoms with E-state index in [9.17, 15) is 4.39 Å². The van der Waals surface area contributed by atoms with Crippen molar-refractivity contribution >= 4 is 11.6 Å². The van der Waals surface area contributed by atoms with Crippen molar-refractivity contribution < 1.29 is 13.9 Å². The maximum atomic E-state index is 14.0. The fourth-order valence-electron chi connectivity index (χ4n) is 2.50. The molecule has 1 fully saturated rings. The standard InChI is InChI=1S/C17H17ClFNO2/c18-13-7-4-8-14(19)17(13)22-16(12-5-2-1-3-6-12)15-11-20-9-10-21-15/h1-8,15-16,20H,9-11H2. The summed E-state index contributed by atoms with van der Waals surface area (Å²) >= 11 is 6.08. The smallest absolute Gasteiger partial charge is 0.174 e. The number of rotatable bonds is 4. The molecule has 2 aromatic carbocycles. The van der Waals surface area contributed by atoms with E-state index < -0.39 is 11.9 Å². The van der Waals surface area contributed by atoms with E-state index in [2.05, 4.69) is 5.32 Å². The number of halogens is 2. The highest BCUT2D eigenvalue weighted by Crippen LogP contribution is 2.34. The van der Waals surface area contributed by atoms with Crippen LogP contribution in [-0.2, 0) is 4.74 Å². The van der Waals surface area contributed by atoms with Gasteiger partial charge in [-0.25, -0.2) is 4.39 Å². The van der Waals surface area contributed by atoms with Crippen molar-refractivity contribution in [2.45, 2.75) is 12.2 Å². The number of ether oxygens (including phenoxy) is 2. The monoisotopic (exact) mass is 321 g/mol. The Morgan fingerprint density at radius 2 is 2.00 bits per heavy atom. The number of hydrogen-bond acceptors (Lipinski definition) is 3. The predicted octanol–water partition coefficient (Wildman–Crippen LogP) is 3.59. The van der Waals surface area contributed by atoms with Crippen LogP contribution < -0.4 is 10.1 Å². The first-order valence-corrected chi connectivity index (χ1v) is 7.61. The third-order valence-electron chi connectivity index (χ3n) is 3.59. The van der Waals surface area contributed by atoms with Crippen LogP contribution in [0.2, 0.25) is 5.02 Å². The van der Waals surface area contributed by atoms with Crippen LogP contribution in [0.5, 0.6) is 5.75 Å². The van der Waals surface area contributed by atoms with Gasteiger partial charge in [0.15, 0.2) is 17.7 Å². The molecule has 1 heterocycles. The van der Waals surface area contributed by atoms with E-state index in [4.69, 9.17) is 21.1 Å². The average Bonchev–Trinajstić information content (AvgIpc) is 2.56. The largest absolute Gasteiger partial charge is 0.478 e. The minimum Gasteiger partial charge on any atom is -0.478 e. The summed E-state index contributed by atoms with van der Waals surface area (Å²) in [5, 5.41) is 3.52. The zero-order chi connectivity index (χ0) is 15.4. The SMILES string of the molecule is Fc1cccc(Cl)c1OC(c1ccccc1)C1CNCCO1. The van der Waals surface area contributed by atoms with Gasteiger partial charge in [0.1, 0.15) is 6.10 Å². The van der Waals surface area contributed by atoms with Crippen molar-refractivity contribution in [3.63, 3.8) is 0 Å². The van der Waals surface area contributed by atoms with E-state index in [0.717, 1.165) is 12.1 Å². The molecule has 22 heavy (non-hydrogen) atoms. The van der Waals surface area contributed by atoms with Gasteiger partial charge in [-0.15, -0.1) is 0 Å². The number of para-hydroxylation sites is 1. The Morgan fingerprint density at radius 3 is 2.68 bits per heavy atom. The third kappa shape index (κ3) is 3.40. The van der Waals surface area contributed by atoms with E-state index in [-0.39, 0.29) is 16.9 Å². The summed E-state index contributed by atoms with van der Waals surface area (Å²) in [6.45, 7) is 2.05. The molecule has 0 saturated carbocycles. The van der Waals surface area contributed by atoms with Gasteiger partial charge in [-0.1, -0.05) is 48.0 Å². The first kappa shape index (κ1) is 15.3. The first-order valence-electron chi connectivity index (χ1n) is 7.23. The van der Waals surface area contributed by atoms with Crippen molar-refractivity contribution in [3.8, 4) is 5.75 Å². The lowest BCUT2D eigenvalue weighted by molar-refractivity contribution is -0.0442. The van der Waals surface area contributed by atoms with Gasteiger partial charge in [0, 0.05) is 13.1 Å². The quantitative estimate of drug-likeness (QED) is 0.933. The van der Waals surface area contributed by atoms with Gasteiger partial charge in [0.2, 0.25) is 0 Å². The van der Waals surface area contributed by atoms with Gasteiger partial charge in [0.05, 0.1) is 11.6 Å². The van der Waals surface area contributed by atoms with Crippen molar-refractivity contribution in [2.24, 2.45) is 0 Å². The van der Waals surface area contributed by atoms with E-state index in [1.54, 1.807) is 12.1 Å². The van der Waals surface area contributed by atoms with Gasteiger partial charge in [-0.2, -0.15) is 0 Å². The molecule has 2 aromatic rings. The van der Waals surface area contributed by atoms with Gasteiger partial charge < -0.3 is 14.8 Å². The molecule has 0 aromatic heterocycles. The molecule has 0 spiro atoms. The highest BCUT2D eigenvalue weighted by Gasteiger charge is 2.29. The van der Waals surface area contributed by atoms with Crippen molar-refractivity contribution in [2.75, 3.05) is 19.7 Å². The van der Waals surface area contributed by atoms with Crippen LogP contribution in [0, 0.1) is 5.82 Å². The Hall–Kier alpha value is -1.62. The molecule has 2 unspecified atom stereocenters. The van der Waals surface area contributed by atoms with Crippen LogP contribution in [0.25, 0.3) is 0 Å². The lowest BCUT2D eigenvalue weighted by Gasteiger charge is -2.32. The lowest BCUT2D eigenvalue weighted by Crippen LogP contribution is -2.43. The molecule has 0 aliphatic carbocycles. The second kappa shape index (κ2) is 7.09. The van der Waals surface area contributed by atoms with Crippen molar-refractivity contribution in [1.29, 1.82) is 0 Å². The molecule has 0 bridgehead atoms. The van der Waals surface area contributed by atoms with Crippen LogP contribution in [-0.4, -0.2) is 25.8 Å². The molecule has 3 rings (SSSR count). The molecule has 2 atom stereocenters. The van der Waals surface area contributed by atoms with Crippen LogP contribution in [0.4, 0.5) is 4.39 Å². The Labute approximate surface area is 134 Å². The number of benzene rings is 2. The summed E-state index contributed by atoms with van der Waals surface area (Å²) in [4.78, 5) is 0. The Morgan fingerprint density at radius 1 is 1.18 bits per heavy atom. The van der Waals surface area contributed by atoms with E-state index >= 15 is 0 Å². The van der Waals surface area contributed by atoms with Crippen LogP contribution >= 0.6 is 11.6 Å². The van der Waals surface area contributed by atoms with Crippen molar-refractivity contribution in [1.82, 2.24) is 5.32 Å². The molecule has 5 heteroatoms. The zero-order valence-corrected chi connectivity index (χ0v) is 12.7. The minimum absolute atomic E-state index is 0.0622. The highest BCUT2D eigenvalue weighted by atomic mass is 35.5. The second-order valence-electron chi connectivity index (χ2n) is 5.11. The van der Waals surface area contributed by atoms with Crippen molar-refractivity contribution in [3.05, 3.63) is 64.9 Å². The summed E-state index contributed by atoms with van der Waals surface area (Å²) in [7, 11) is 0. The molecule has 1 saturated heterocycles. The van der Waals surface area contributed by atoms with Gasteiger partial charge in [0.25, 0.3) is 0 Å². The number of nitrogens with one attached hydrogen (secondary N) is 1. The summed E-state index contributed by atoms with van der Waals surface area (Å²) in [5.74, 6) is -0.413. The maximum Gasteiger partial charge on any atom is 0.174 e.